The van der Waals surface area contributed by atoms with Crippen LogP contribution < -0.4 is 4.90 Å². The second-order valence-corrected chi connectivity index (χ2v) is 9.88. The van der Waals surface area contributed by atoms with E-state index >= 15 is 0 Å². The minimum atomic E-state index is -1.07. The van der Waals surface area contributed by atoms with Crippen LogP contribution in [0.1, 0.15) is 32.4 Å². The van der Waals surface area contributed by atoms with Crippen molar-refractivity contribution < 1.29 is 19.6 Å². The molecule has 2 aromatic carbocycles. The Morgan fingerprint density at radius 1 is 1.18 bits per heavy atom. The highest BCUT2D eigenvalue weighted by atomic mass is 32.1. The Bertz CT molecular complexity index is 1520. The number of thiophene rings is 1. The summed E-state index contributed by atoms with van der Waals surface area (Å²) in [4.78, 5) is 43.8. The Balaban J connectivity index is 1.72. The zero-order valence-corrected chi connectivity index (χ0v) is 19.6. The van der Waals surface area contributed by atoms with Crippen LogP contribution in [0.4, 0.5) is 10.8 Å². The maximum atomic E-state index is 13.4. The third-order valence-corrected chi connectivity index (χ3v) is 7.49. The fourth-order valence-electron chi connectivity index (χ4n) is 4.16. The molecule has 1 unspecified atom stereocenters. The van der Waals surface area contributed by atoms with Crippen LogP contribution in [-0.4, -0.2) is 26.7 Å². The molecule has 4 aromatic rings. The maximum absolute atomic E-state index is 13.4. The lowest BCUT2D eigenvalue weighted by Gasteiger charge is -2.24. The number of hydrogen-bond donors (Lipinski definition) is 1. The number of nitrogens with zero attached hydrogens (tertiary/aromatic N) is 3. The number of aryl methyl sites for hydroxylation is 2. The van der Waals surface area contributed by atoms with E-state index in [1.807, 2.05) is 26.0 Å². The van der Waals surface area contributed by atoms with E-state index in [9.17, 15) is 24.8 Å². The first-order valence-electron chi connectivity index (χ1n) is 10.2. The van der Waals surface area contributed by atoms with E-state index in [1.165, 1.54) is 45.8 Å². The number of anilines is 1. The second-order valence-electron chi connectivity index (χ2n) is 7.92. The van der Waals surface area contributed by atoms with Crippen molar-refractivity contribution in [3.05, 3.63) is 96.9 Å². The molecule has 0 spiro atoms. The summed E-state index contributed by atoms with van der Waals surface area (Å²) in [6, 6.07) is 11.9. The van der Waals surface area contributed by atoms with Crippen LogP contribution in [0.15, 0.2) is 65.2 Å². The van der Waals surface area contributed by atoms with Gasteiger partial charge in [0.05, 0.1) is 31.6 Å². The molecular weight excluding hydrogens is 474 g/mol. The van der Waals surface area contributed by atoms with E-state index in [-0.39, 0.29) is 11.3 Å². The predicted octanol–water partition coefficient (Wildman–Crippen LogP) is 5.67. The molecule has 0 bridgehead atoms. The van der Waals surface area contributed by atoms with Gasteiger partial charge in [-0.1, -0.05) is 35.6 Å². The Labute approximate surface area is 201 Å². The average Bonchev–Trinajstić information content (AvgIpc) is 3.53. The van der Waals surface area contributed by atoms with Crippen LogP contribution in [0.25, 0.3) is 10.2 Å². The van der Waals surface area contributed by atoms with Crippen LogP contribution in [0.5, 0.6) is 0 Å². The Kier molecular flexibility index (Phi) is 5.26. The first-order valence-corrected chi connectivity index (χ1v) is 11.9. The minimum absolute atomic E-state index is 0.125. The van der Waals surface area contributed by atoms with Crippen molar-refractivity contribution in [1.82, 2.24) is 4.98 Å². The highest BCUT2D eigenvalue weighted by Crippen LogP contribution is 2.45. The molecule has 0 saturated carbocycles. The number of amides is 1. The molecule has 5 rings (SSSR count). The van der Waals surface area contributed by atoms with Crippen molar-refractivity contribution in [2.75, 3.05) is 4.90 Å². The third-order valence-electron chi connectivity index (χ3n) is 5.62. The van der Waals surface area contributed by atoms with Gasteiger partial charge in [0, 0.05) is 12.1 Å². The molecule has 1 N–H and O–H groups in total. The molecular formula is C24H17N3O5S2. The standard InChI is InChI=1S/C24H17N3O5S2/c1-12-9-13(2)19-17(10-12)34-24(25-19)26-20(14-5-3-6-15(11-14)27(31)32)18(22(29)23(26)30)21(28)16-7-4-8-33-16/h3-11,20,29H,1-2H3. The molecule has 0 aliphatic carbocycles. The number of nitro benzene ring substituents is 1. The highest BCUT2D eigenvalue weighted by Gasteiger charge is 2.46. The van der Waals surface area contributed by atoms with Crippen molar-refractivity contribution in [3.8, 4) is 0 Å². The van der Waals surface area contributed by atoms with E-state index in [0.717, 1.165) is 15.8 Å². The topological polar surface area (TPSA) is 114 Å². The number of nitro groups is 1. The summed E-state index contributed by atoms with van der Waals surface area (Å²) < 4.78 is 0.857. The summed E-state index contributed by atoms with van der Waals surface area (Å²) in [6.07, 6.45) is 0. The van der Waals surface area contributed by atoms with Gasteiger partial charge < -0.3 is 5.11 Å². The number of benzene rings is 2. The average molecular weight is 492 g/mol. The molecule has 0 fully saturated rings. The molecule has 0 saturated heterocycles. The number of aromatic nitrogens is 1. The van der Waals surface area contributed by atoms with Crippen LogP contribution in [0.3, 0.4) is 0 Å². The zero-order valence-electron chi connectivity index (χ0n) is 18.0. The quantitative estimate of drug-likeness (QED) is 0.219. The Morgan fingerprint density at radius 3 is 2.68 bits per heavy atom. The molecule has 170 valence electrons. The van der Waals surface area contributed by atoms with Gasteiger partial charge in [0.15, 0.2) is 10.9 Å². The second kappa shape index (κ2) is 8.15. The van der Waals surface area contributed by atoms with Crippen molar-refractivity contribution in [2.24, 2.45) is 0 Å². The normalized spacial score (nSPS) is 16.0. The number of aliphatic hydroxyl groups excluding tert-OH is 1. The Morgan fingerprint density at radius 2 is 1.97 bits per heavy atom. The van der Waals surface area contributed by atoms with Crippen LogP contribution in [-0.2, 0) is 4.79 Å². The minimum Gasteiger partial charge on any atom is -0.503 e. The fourth-order valence-corrected chi connectivity index (χ4v) is 6.01. The molecule has 3 heterocycles. The van der Waals surface area contributed by atoms with Crippen molar-refractivity contribution in [3.63, 3.8) is 0 Å². The van der Waals surface area contributed by atoms with Gasteiger partial charge in [-0.05, 0) is 48.1 Å². The summed E-state index contributed by atoms with van der Waals surface area (Å²) in [5.74, 6) is -1.96. The van der Waals surface area contributed by atoms with Gasteiger partial charge in [-0.15, -0.1) is 11.3 Å². The predicted molar refractivity (Wildman–Crippen MR) is 131 cm³/mol. The number of Topliss-reactive ketones (excluding diaryl/α,β-unsaturated/α-hetero) is 1. The molecule has 1 aliphatic rings. The van der Waals surface area contributed by atoms with Gasteiger partial charge in [0.2, 0.25) is 5.78 Å². The lowest BCUT2D eigenvalue weighted by atomic mass is 9.95. The summed E-state index contributed by atoms with van der Waals surface area (Å²) in [5, 5.41) is 24.3. The van der Waals surface area contributed by atoms with Gasteiger partial charge in [-0.2, -0.15) is 0 Å². The van der Waals surface area contributed by atoms with Gasteiger partial charge in [0.25, 0.3) is 11.6 Å². The van der Waals surface area contributed by atoms with E-state index in [4.69, 9.17) is 0 Å². The molecule has 10 heteroatoms. The van der Waals surface area contributed by atoms with Crippen molar-refractivity contribution in [1.29, 1.82) is 0 Å². The smallest absolute Gasteiger partial charge is 0.296 e. The summed E-state index contributed by atoms with van der Waals surface area (Å²) in [5.41, 5.74) is 2.71. The number of aliphatic hydroxyl groups is 1. The molecule has 1 atom stereocenters. The molecule has 8 nitrogen and oxygen atoms in total. The lowest BCUT2D eigenvalue weighted by molar-refractivity contribution is -0.384. The van der Waals surface area contributed by atoms with E-state index in [2.05, 4.69) is 4.98 Å². The molecule has 1 aliphatic heterocycles. The summed E-state index contributed by atoms with van der Waals surface area (Å²) >= 11 is 2.45. The highest BCUT2D eigenvalue weighted by molar-refractivity contribution is 7.22. The largest absolute Gasteiger partial charge is 0.503 e. The summed E-state index contributed by atoms with van der Waals surface area (Å²) in [6.45, 7) is 3.88. The molecule has 1 amide bonds. The van der Waals surface area contributed by atoms with Crippen LogP contribution in [0, 0.1) is 24.0 Å². The zero-order chi connectivity index (χ0) is 24.1. The van der Waals surface area contributed by atoms with E-state index in [0.29, 0.717) is 21.1 Å². The number of thiazole rings is 1. The van der Waals surface area contributed by atoms with E-state index in [1.54, 1.807) is 23.6 Å². The van der Waals surface area contributed by atoms with E-state index < -0.39 is 28.4 Å². The van der Waals surface area contributed by atoms with Crippen molar-refractivity contribution >= 4 is 55.4 Å². The van der Waals surface area contributed by atoms with Gasteiger partial charge >= 0.3 is 0 Å². The Hall–Kier alpha value is -3.89. The van der Waals surface area contributed by atoms with Crippen LogP contribution >= 0.6 is 22.7 Å². The maximum Gasteiger partial charge on any atom is 0.296 e. The number of carbonyl (C=O) groups excluding carboxylic acids is 2. The number of ketones is 1. The molecule has 34 heavy (non-hydrogen) atoms. The third kappa shape index (κ3) is 3.47. The summed E-state index contributed by atoms with van der Waals surface area (Å²) in [7, 11) is 0. The number of rotatable bonds is 5. The molecule has 2 aromatic heterocycles. The fraction of sp³-hybridized carbons (Fsp3) is 0.125. The lowest BCUT2D eigenvalue weighted by Crippen LogP contribution is -2.31. The SMILES string of the molecule is Cc1cc(C)c2nc(N3C(=O)C(O)=C(C(=O)c4cccs4)C3c3cccc([N+](=O)[O-])c3)sc2c1. The van der Waals surface area contributed by atoms with Crippen LogP contribution in [0.2, 0.25) is 0 Å². The monoisotopic (exact) mass is 491 g/mol. The van der Waals surface area contributed by atoms with Gasteiger partial charge in [0.1, 0.15) is 0 Å². The van der Waals surface area contributed by atoms with Gasteiger partial charge in [-0.3, -0.25) is 24.6 Å². The van der Waals surface area contributed by atoms with Crippen molar-refractivity contribution in [2.45, 2.75) is 19.9 Å². The first-order chi connectivity index (χ1) is 16.3. The molecule has 0 radical (unpaired) electrons. The van der Waals surface area contributed by atoms with Gasteiger partial charge in [-0.25, -0.2) is 4.98 Å². The number of hydrogen-bond acceptors (Lipinski definition) is 8. The number of fused-ring (bicyclic) bond motifs is 1. The number of non-ortho nitro benzene ring substituents is 1. The first kappa shape index (κ1) is 21.9. The number of carbonyl (C=O) groups is 2.